The Kier molecular flexibility index (Phi) is 4.21. The van der Waals surface area contributed by atoms with Crippen LogP contribution in [0, 0.1) is 0 Å². The molecule has 1 N–H and O–H groups in total. The lowest BCUT2D eigenvalue weighted by atomic mass is 10.2. The fourth-order valence-corrected chi connectivity index (χ4v) is 4.01. The summed E-state index contributed by atoms with van der Waals surface area (Å²) in [6.45, 7) is 2.31. The van der Waals surface area contributed by atoms with Crippen LogP contribution in [0.3, 0.4) is 0 Å². The van der Waals surface area contributed by atoms with Crippen LogP contribution >= 0.6 is 11.6 Å². The number of hydrogen-bond acceptors (Lipinski definition) is 5. The van der Waals surface area contributed by atoms with Crippen molar-refractivity contribution in [3.8, 4) is 0 Å². The van der Waals surface area contributed by atoms with Crippen LogP contribution in [0.5, 0.6) is 0 Å². The predicted molar refractivity (Wildman–Crippen MR) is 111 cm³/mol. The largest absolute Gasteiger partial charge is 0.367 e. The number of carbonyl (C=O) groups is 1. The fraction of sp³-hybridized carbons (Fsp3) is 0.200. The summed E-state index contributed by atoms with van der Waals surface area (Å²) in [7, 11) is 0. The molecule has 4 aromatic rings. The molecule has 0 aliphatic carbocycles. The van der Waals surface area contributed by atoms with E-state index in [0.29, 0.717) is 42.2 Å². The normalized spacial score (nSPS) is 14.7. The lowest BCUT2D eigenvalue weighted by Gasteiger charge is -2.36. The number of fused-ring (bicyclic) bond motifs is 3. The van der Waals surface area contributed by atoms with Crippen LogP contribution in [-0.2, 0) is 0 Å². The van der Waals surface area contributed by atoms with Crippen molar-refractivity contribution >= 4 is 39.7 Å². The minimum Gasteiger partial charge on any atom is -0.367 e. The molecule has 5 rings (SSSR count). The number of benzene rings is 2. The van der Waals surface area contributed by atoms with E-state index in [1.165, 1.54) is 4.52 Å². The first kappa shape index (κ1) is 17.7. The first-order valence-corrected chi connectivity index (χ1v) is 9.66. The Morgan fingerprint density at radius 3 is 2.52 bits per heavy atom. The Hall–Kier alpha value is -3.39. The number of hydrogen-bond donors (Lipinski definition) is 1. The van der Waals surface area contributed by atoms with Crippen molar-refractivity contribution in [2.24, 2.45) is 0 Å². The van der Waals surface area contributed by atoms with E-state index < -0.39 is 0 Å². The zero-order chi connectivity index (χ0) is 20.0. The SMILES string of the molecule is O=C(c1nnn2c1c(=O)[nH]c1ccccc12)N1CCN(c2ccccc2Cl)CC1. The van der Waals surface area contributed by atoms with Crippen LogP contribution < -0.4 is 10.5 Å². The average Bonchev–Trinajstić information content (AvgIpc) is 3.20. The van der Waals surface area contributed by atoms with E-state index in [2.05, 4.69) is 20.2 Å². The Labute approximate surface area is 170 Å². The van der Waals surface area contributed by atoms with Gasteiger partial charge < -0.3 is 14.8 Å². The van der Waals surface area contributed by atoms with Crippen LogP contribution in [0.25, 0.3) is 16.6 Å². The van der Waals surface area contributed by atoms with Crippen LogP contribution in [-0.4, -0.2) is 56.8 Å². The number of anilines is 1. The average molecular weight is 409 g/mol. The Morgan fingerprint density at radius 2 is 1.72 bits per heavy atom. The van der Waals surface area contributed by atoms with Gasteiger partial charge in [-0.2, -0.15) is 0 Å². The molecule has 1 aliphatic rings. The smallest absolute Gasteiger partial charge is 0.277 e. The third-order valence-electron chi connectivity index (χ3n) is 5.23. The minimum atomic E-state index is -0.383. The van der Waals surface area contributed by atoms with Gasteiger partial charge in [-0.25, -0.2) is 4.52 Å². The van der Waals surface area contributed by atoms with Gasteiger partial charge in [-0.3, -0.25) is 9.59 Å². The predicted octanol–water partition coefficient (Wildman–Crippen LogP) is 2.19. The maximum atomic E-state index is 13.1. The monoisotopic (exact) mass is 408 g/mol. The summed E-state index contributed by atoms with van der Waals surface area (Å²) in [6.07, 6.45) is 0. The first-order valence-electron chi connectivity index (χ1n) is 9.28. The van der Waals surface area contributed by atoms with Crippen LogP contribution in [0.2, 0.25) is 5.02 Å². The molecule has 2 aromatic heterocycles. The van der Waals surface area contributed by atoms with Crippen molar-refractivity contribution < 1.29 is 4.79 Å². The zero-order valence-electron chi connectivity index (χ0n) is 15.4. The molecule has 0 bridgehead atoms. The maximum Gasteiger partial charge on any atom is 0.277 e. The first-order chi connectivity index (χ1) is 14.1. The molecule has 146 valence electrons. The molecule has 9 heteroatoms. The third-order valence-corrected chi connectivity index (χ3v) is 5.55. The molecular formula is C20H17ClN6O2. The molecule has 1 fully saturated rings. The Morgan fingerprint density at radius 1 is 1.00 bits per heavy atom. The molecule has 1 amide bonds. The summed E-state index contributed by atoms with van der Waals surface area (Å²) in [5.41, 5.74) is 2.15. The molecule has 2 aromatic carbocycles. The highest BCUT2D eigenvalue weighted by molar-refractivity contribution is 6.33. The molecular weight excluding hydrogens is 392 g/mol. The quantitative estimate of drug-likeness (QED) is 0.549. The lowest BCUT2D eigenvalue weighted by molar-refractivity contribution is 0.0742. The van der Waals surface area contributed by atoms with Crippen LogP contribution in [0.1, 0.15) is 10.5 Å². The van der Waals surface area contributed by atoms with Gasteiger partial charge in [-0.1, -0.05) is 41.1 Å². The molecule has 0 atom stereocenters. The molecule has 1 saturated heterocycles. The second-order valence-electron chi connectivity index (χ2n) is 6.90. The van der Waals surface area contributed by atoms with Crippen molar-refractivity contribution in [3.05, 3.63) is 69.6 Å². The number of halogens is 1. The topological polar surface area (TPSA) is 86.6 Å². The number of aromatic nitrogens is 4. The molecule has 1 aliphatic heterocycles. The summed E-state index contributed by atoms with van der Waals surface area (Å²) in [4.78, 5) is 32.3. The summed E-state index contributed by atoms with van der Waals surface area (Å²) in [6, 6.07) is 14.9. The molecule has 0 unspecified atom stereocenters. The molecule has 0 spiro atoms. The van der Waals surface area contributed by atoms with Crippen LogP contribution in [0.4, 0.5) is 5.69 Å². The van der Waals surface area contributed by atoms with E-state index in [4.69, 9.17) is 11.6 Å². The van der Waals surface area contributed by atoms with Crippen molar-refractivity contribution in [2.45, 2.75) is 0 Å². The standard InChI is InChI=1S/C20H17ClN6O2/c21-13-5-1-3-7-15(13)25-9-11-26(12-10-25)20(29)17-18-19(28)22-14-6-2-4-8-16(14)27(18)24-23-17/h1-8H,9-12H2,(H,22,28). The summed E-state index contributed by atoms with van der Waals surface area (Å²) < 4.78 is 1.43. The summed E-state index contributed by atoms with van der Waals surface area (Å²) in [5, 5.41) is 8.80. The van der Waals surface area contributed by atoms with Crippen molar-refractivity contribution in [1.29, 1.82) is 0 Å². The number of para-hydroxylation sites is 3. The van der Waals surface area contributed by atoms with Gasteiger partial charge in [0.2, 0.25) is 0 Å². The highest BCUT2D eigenvalue weighted by Crippen LogP contribution is 2.26. The van der Waals surface area contributed by atoms with Gasteiger partial charge in [-0.05, 0) is 24.3 Å². The number of carbonyl (C=O) groups excluding carboxylic acids is 1. The van der Waals surface area contributed by atoms with Gasteiger partial charge in [-0.15, -0.1) is 5.10 Å². The highest BCUT2D eigenvalue weighted by Gasteiger charge is 2.28. The third kappa shape index (κ3) is 2.92. The van der Waals surface area contributed by atoms with Crippen molar-refractivity contribution in [2.75, 3.05) is 31.1 Å². The van der Waals surface area contributed by atoms with Crippen LogP contribution in [0.15, 0.2) is 53.3 Å². The molecule has 0 saturated carbocycles. The second kappa shape index (κ2) is 6.89. The molecule has 0 radical (unpaired) electrons. The van der Waals surface area contributed by atoms with E-state index in [1.807, 2.05) is 42.5 Å². The number of nitrogens with one attached hydrogen (secondary N) is 1. The lowest BCUT2D eigenvalue weighted by Crippen LogP contribution is -2.49. The summed E-state index contributed by atoms with van der Waals surface area (Å²) in [5.74, 6) is -0.292. The van der Waals surface area contributed by atoms with Gasteiger partial charge in [0.1, 0.15) is 0 Å². The zero-order valence-corrected chi connectivity index (χ0v) is 16.1. The number of nitrogens with zero attached hydrogens (tertiary/aromatic N) is 5. The number of piperazine rings is 1. The molecule has 29 heavy (non-hydrogen) atoms. The number of amides is 1. The van der Waals surface area contributed by atoms with Gasteiger partial charge in [0.05, 0.1) is 21.7 Å². The second-order valence-corrected chi connectivity index (χ2v) is 7.31. The molecule has 8 nitrogen and oxygen atoms in total. The fourth-order valence-electron chi connectivity index (χ4n) is 3.75. The summed E-state index contributed by atoms with van der Waals surface area (Å²) >= 11 is 6.29. The van der Waals surface area contributed by atoms with E-state index >= 15 is 0 Å². The van der Waals surface area contributed by atoms with Gasteiger partial charge >= 0.3 is 0 Å². The number of H-pyrrole nitrogens is 1. The number of aromatic amines is 1. The van der Waals surface area contributed by atoms with E-state index in [0.717, 1.165) is 5.69 Å². The van der Waals surface area contributed by atoms with Crippen molar-refractivity contribution in [3.63, 3.8) is 0 Å². The van der Waals surface area contributed by atoms with E-state index in [-0.39, 0.29) is 22.7 Å². The van der Waals surface area contributed by atoms with Gasteiger partial charge in [0.25, 0.3) is 11.5 Å². The highest BCUT2D eigenvalue weighted by atomic mass is 35.5. The number of rotatable bonds is 2. The van der Waals surface area contributed by atoms with Gasteiger partial charge in [0.15, 0.2) is 11.2 Å². The van der Waals surface area contributed by atoms with Crippen molar-refractivity contribution in [1.82, 2.24) is 24.7 Å². The van der Waals surface area contributed by atoms with E-state index in [1.54, 1.807) is 11.0 Å². The maximum absolute atomic E-state index is 13.1. The Balaban J connectivity index is 1.43. The van der Waals surface area contributed by atoms with E-state index in [9.17, 15) is 9.59 Å². The van der Waals surface area contributed by atoms with Gasteiger partial charge in [0, 0.05) is 26.2 Å². The molecule has 3 heterocycles. The minimum absolute atomic E-state index is 0.0724. The Bertz CT molecular complexity index is 1290.